The number of rotatable bonds is 2. The summed E-state index contributed by atoms with van der Waals surface area (Å²) in [7, 11) is 0. The Hall–Kier alpha value is -1.04. The molecule has 0 N–H and O–H groups in total. The molecule has 0 amide bonds. The molecule has 0 spiro atoms. The zero-order valence-corrected chi connectivity index (χ0v) is 7.22. The molecule has 0 atom stereocenters. The molecule has 0 heterocycles. The van der Waals surface area contributed by atoms with Gasteiger partial charge in [-0.2, -0.15) is 0 Å². The van der Waals surface area contributed by atoms with E-state index in [1.165, 1.54) is 16.7 Å². The molecule has 0 nitrogen and oxygen atoms in total. The molecule has 58 valence electrons. The van der Waals surface area contributed by atoms with Crippen LogP contribution in [0.1, 0.15) is 16.7 Å². The largest absolute Gasteiger partial charge is 0.103 e. The van der Waals surface area contributed by atoms with Crippen LogP contribution < -0.4 is 0 Å². The van der Waals surface area contributed by atoms with Crippen molar-refractivity contribution in [3.63, 3.8) is 0 Å². The topological polar surface area (TPSA) is 0 Å². The summed E-state index contributed by atoms with van der Waals surface area (Å²) in [5, 5.41) is 0. The Labute approximate surface area is 68.6 Å². The molecule has 0 radical (unpaired) electrons. The maximum atomic E-state index is 3.72. The molecule has 0 aliphatic rings. The van der Waals surface area contributed by atoms with Crippen LogP contribution in [0.2, 0.25) is 0 Å². The second-order valence-electron chi connectivity index (χ2n) is 2.99. The molecule has 0 saturated heterocycles. The van der Waals surface area contributed by atoms with E-state index in [-0.39, 0.29) is 0 Å². The van der Waals surface area contributed by atoms with Crippen molar-refractivity contribution in [3.8, 4) is 0 Å². The summed E-state index contributed by atoms with van der Waals surface area (Å²) < 4.78 is 0. The van der Waals surface area contributed by atoms with Crippen LogP contribution >= 0.6 is 0 Å². The lowest BCUT2D eigenvalue weighted by molar-refractivity contribution is 1.23. The van der Waals surface area contributed by atoms with Gasteiger partial charge in [-0.3, -0.25) is 0 Å². The Morgan fingerprint density at radius 3 is 2.18 bits per heavy atom. The van der Waals surface area contributed by atoms with Crippen LogP contribution in [-0.4, -0.2) is 0 Å². The maximum absolute atomic E-state index is 3.72. The van der Waals surface area contributed by atoms with Gasteiger partial charge in [0.15, 0.2) is 0 Å². The SMILES string of the molecule is C=CCc1cc(C)cc(C)c1. The smallest absolute Gasteiger partial charge is 0.00999 e. The molecule has 1 aromatic rings. The number of aryl methyl sites for hydroxylation is 2. The van der Waals surface area contributed by atoms with Crippen LogP contribution in [0.3, 0.4) is 0 Å². The van der Waals surface area contributed by atoms with Gasteiger partial charge in [-0.25, -0.2) is 0 Å². The minimum atomic E-state index is 0.975. The summed E-state index contributed by atoms with van der Waals surface area (Å²) in [6.07, 6.45) is 2.91. The van der Waals surface area contributed by atoms with E-state index in [9.17, 15) is 0 Å². The van der Waals surface area contributed by atoms with Gasteiger partial charge in [0, 0.05) is 0 Å². The summed E-state index contributed by atoms with van der Waals surface area (Å²) >= 11 is 0. The van der Waals surface area contributed by atoms with Crippen LogP contribution in [0.25, 0.3) is 0 Å². The van der Waals surface area contributed by atoms with Crippen LogP contribution in [0.4, 0.5) is 0 Å². The van der Waals surface area contributed by atoms with E-state index < -0.39 is 0 Å². The van der Waals surface area contributed by atoms with Gasteiger partial charge < -0.3 is 0 Å². The highest BCUT2D eigenvalue weighted by Gasteiger charge is 1.92. The number of hydrogen-bond acceptors (Lipinski definition) is 0. The van der Waals surface area contributed by atoms with Crippen molar-refractivity contribution >= 4 is 0 Å². The van der Waals surface area contributed by atoms with Crippen molar-refractivity contribution < 1.29 is 0 Å². The van der Waals surface area contributed by atoms with E-state index in [1.54, 1.807) is 0 Å². The third-order valence-electron chi connectivity index (χ3n) is 1.66. The fourth-order valence-corrected chi connectivity index (χ4v) is 1.35. The van der Waals surface area contributed by atoms with Crippen molar-refractivity contribution in [2.45, 2.75) is 20.3 Å². The minimum Gasteiger partial charge on any atom is -0.103 e. The van der Waals surface area contributed by atoms with E-state index in [4.69, 9.17) is 0 Å². The van der Waals surface area contributed by atoms with Crippen molar-refractivity contribution in [1.82, 2.24) is 0 Å². The monoisotopic (exact) mass is 146 g/mol. The zero-order valence-electron chi connectivity index (χ0n) is 7.22. The van der Waals surface area contributed by atoms with E-state index in [0.717, 1.165) is 6.42 Å². The molecule has 0 fully saturated rings. The molecule has 0 heteroatoms. The molecule has 0 saturated carbocycles. The first-order valence-corrected chi connectivity index (χ1v) is 3.90. The Bertz CT molecular complexity index is 238. The Kier molecular flexibility index (Phi) is 2.48. The van der Waals surface area contributed by atoms with E-state index in [2.05, 4.69) is 38.6 Å². The molecule has 0 aromatic heterocycles. The van der Waals surface area contributed by atoms with Crippen molar-refractivity contribution in [2.24, 2.45) is 0 Å². The second-order valence-corrected chi connectivity index (χ2v) is 2.99. The fourth-order valence-electron chi connectivity index (χ4n) is 1.35. The molecule has 1 aromatic carbocycles. The lowest BCUT2D eigenvalue weighted by Gasteiger charge is -2.00. The molecule has 0 aliphatic carbocycles. The van der Waals surface area contributed by atoms with Crippen molar-refractivity contribution in [1.29, 1.82) is 0 Å². The average molecular weight is 146 g/mol. The van der Waals surface area contributed by atoms with Gasteiger partial charge in [0.25, 0.3) is 0 Å². The molecular formula is C11H14. The highest BCUT2D eigenvalue weighted by Crippen LogP contribution is 2.09. The van der Waals surface area contributed by atoms with Gasteiger partial charge in [0.2, 0.25) is 0 Å². The fraction of sp³-hybridized carbons (Fsp3) is 0.273. The lowest BCUT2D eigenvalue weighted by atomic mass is 10.1. The first-order chi connectivity index (χ1) is 5.22. The third kappa shape index (κ3) is 2.23. The predicted octanol–water partition coefficient (Wildman–Crippen LogP) is 3.03. The Balaban J connectivity index is 2.98. The molecule has 0 unspecified atom stereocenters. The summed E-state index contributed by atoms with van der Waals surface area (Å²) in [5.41, 5.74) is 4.03. The first kappa shape index (κ1) is 8.06. The molecule has 0 bridgehead atoms. The van der Waals surface area contributed by atoms with E-state index >= 15 is 0 Å². The van der Waals surface area contributed by atoms with Crippen LogP contribution in [0, 0.1) is 13.8 Å². The van der Waals surface area contributed by atoms with Gasteiger partial charge >= 0.3 is 0 Å². The van der Waals surface area contributed by atoms with E-state index in [0.29, 0.717) is 0 Å². The molecule has 1 rings (SSSR count). The van der Waals surface area contributed by atoms with Crippen LogP contribution in [0.15, 0.2) is 30.9 Å². The summed E-state index contributed by atoms with van der Waals surface area (Å²) in [6.45, 7) is 7.96. The lowest BCUT2D eigenvalue weighted by Crippen LogP contribution is -1.84. The zero-order chi connectivity index (χ0) is 8.27. The summed E-state index contributed by atoms with van der Waals surface area (Å²) in [6, 6.07) is 6.59. The van der Waals surface area contributed by atoms with Gasteiger partial charge in [-0.05, 0) is 25.8 Å². The normalized spacial score (nSPS) is 9.64. The van der Waals surface area contributed by atoms with Crippen LogP contribution in [0.5, 0.6) is 0 Å². The standard InChI is InChI=1S/C11H14/c1-4-5-11-7-9(2)6-10(3)8-11/h4,6-8H,1,5H2,2-3H3. The van der Waals surface area contributed by atoms with Gasteiger partial charge in [0.05, 0.1) is 0 Å². The molecule has 11 heavy (non-hydrogen) atoms. The van der Waals surface area contributed by atoms with Crippen molar-refractivity contribution in [2.75, 3.05) is 0 Å². The highest BCUT2D eigenvalue weighted by molar-refractivity contribution is 5.29. The Morgan fingerprint density at radius 1 is 1.18 bits per heavy atom. The summed E-state index contributed by atoms with van der Waals surface area (Å²) in [5.74, 6) is 0. The Morgan fingerprint density at radius 2 is 1.73 bits per heavy atom. The van der Waals surface area contributed by atoms with Gasteiger partial charge in [-0.1, -0.05) is 35.4 Å². The second kappa shape index (κ2) is 3.38. The predicted molar refractivity (Wildman–Crippen MR) is 49.8 cm³/mol. The number of hydrogen-bond donors (Lipinski definition) is 0. The van der Waals surface area contributed by atoms with Gasteiger partial charge in [0.1, 0.15) is 0 Å². The maximum Gasteiger partial charge on any atom is -0.00999 e. The average Bonchev–Trinajstić information content (AvgIpc) is 1.85. The molecule has 0 aliphatic heterocycles. The van der Waals surface area contributed by atoms with E-state index in [1.807, 2.05) is 6.08 Å². The van der Waals surface area contributed by atoms with Gasteiger partial charge in [-0.15, -0.1) is 6.58 Å². The van der Waals surface area contributed by atoms with Crippen LogP contribution in [-0.2, 0) is 6.42 Å². The quantitative estimate of drug-likeness (QED) is 0.562. The summed E-state index contributed by atoms with van der Waals surface area (Å²) in [4.78, 5) is 0. The van der Waals surface area contributed by atoms with Crippen molar-refractivity contribution in [3.05, 3.63) is 47.5 Å². The number of allylic oxidation sites excluding steroid dienone is 1. The minimum absolute atomic E-state index is 0.975. The first-order valence-electron chi connectivity index (χ1n) is 3.90. The molecular weight excluding hydrogens is 132 g/mol. The number of benzene rings is 1. The highest BCUT2D eigenvalue weighted by atomic mass is 14.0. The third-order valence-corrected chi connectivity index (χ3v) is 1.66.